The van der Waals surface area contributed by atoms with Crippen LogP contribution in [0.5, 0.6) is 0 Å². The monoisotopic (exact) mass is 487 g/mol. The van der Waals surface area contributed by atoms with E-state index >= 15 is 0 Å². The lowest BCUT2D eigenvalue weighted by Crippen LogP contribution is -2.43. The minimum Gasteiger partial charge on any atom is -0.756 e. The van der Waals surface area contributed by atoms with Crippen LogP contribution in [0.1, 0.15) is 96.8 Å². The molecule has 0 aliphatic heterocycles. The van der Waals surface area contributed by atoms with Gasteiger partial charge in [-0.25, -0.2) is 0 Å². The number of rotatable bonds is 21. The highest BCUT2D eigenvalue weighted by Gasteiger charge is 2.20. The number of quaternary nitrogens is 1. The molecule has 0 fully saturated rings. The lowest BCUT2D eigenvalue weighted by atomic mass is 10.0. The van der Waals surface area contributed by atoms with E-state index < -0.39 is 7.82 Å². The fraction of sp³-hybridized carbons (Fsp3) is 0.769. The number of phosphoric ester groups is 1. The van der Waals surface area contributed by atoms with E-state index in [9.17, 15) is 9.46 Å². The van der Waals surface area contributed by atoms with Gasteiger partial charge in [-0.3, -0.25) is 9.05 Å². The van der Waals surface area contributed by atoms with Crippen LogP contribution in [0, 0.1) is 0 Å². The molecule has 0 aromatic heterocycles. The van der Waals surface area contributed by atoms with E-state index in [1.807, 2.05) is 44.4 Å². The summed E-state index contributed by atoms with van der Waals surface area (Å²) in [7, 11) is -0.153. The van der Waals surface area contributed by atoms with Crippen LogP contribution in [-0.4, -0.2) is 39.3 Å². The van der Waals surface area contributed by atoms with Gasteiger partial charge in [0.15, 0.2) is 0 Å². The first-order valence-electron chi connectivity index (χ1n) is 12.9. The standard InChI is InChI=1S/C26H48NO4P.H2O/c1-4-5-6-7-8-9-10-11-12-13-14-15-16-20-24-30-32(28,29)31-25-23-27(2,3)26-21-18-17-19-22-26;/h17-19,21-22H,4-16,20,23-25H2,1-3H3;1H2. The lowest BCUT2D eigenvalue weighted by Gasteiger charge is -2.30. The summed E-state index contributed by atoms with van der Waals surface area (Å²) in [6.45, 7) is 3.15. The van der Waals surface area contributed by atoms with Crippen molar-refractivity contribution >= 4 is 13.5 Å². The van der Waals surface area contributed by atoms with Crippen molar-refractivity contribution < 1.29 is 24.0 Å². The quantitative estimate of drug-likeness (QED) is 0.114. The topological polar surface area (TPSA) is 90.1 Å². The second-order valence-corrected chi connectivity index (χ2v) is 10.9. The molecule has 0 aliphatic rings. The SMILES string of the molecule is CCCCCCCCCCCCCCCCOP(=O)([O-])OCC[N+](C)(C)c1ccccc1.O. The molecular weight excluding hydrogens is 437 g/mol. The Hall–Kier alpha value is -0.750. The molecular formula is C26H50NO5P. The van der Waals surface area contributed by atoms with Gasteiger partial charge in [-0.05, 0) is 18.6 Å². The maximum absolute atomic E-state index is 12.0. The van der Waals surface area contributed by atoms with Crippen molar-refractivity contribution in [3.8, 4) is 0 Å². The van der Waals surface area contributed by atoms with Crippen LogP contribution in [0.2, 0.25) is 0 Å². The largest absolute Gasteiger partial charge is 0.756 e. The summed E-state index contributed by atoms with van der Waals surface area (Å²) in [5.74, 6) is 0. The molecule has 1 unspecified atom stereocenters. The Morgan fingerprint density at radius 2 is 1.15 bits per heavy atom. The fourth-order valence-corrected chi connectivity index (χ4v) is 4.58. The van der Waals surface area contributed by atoms with Crippen molar-refractivity contribution in [3.05, 3.63) is 30.3 Å². The number of phosphoric acid groups is 1. The zero-order valence-corrected chi connectivity index (χ0v) is 22.3. The third-order valence-corrected chi connectivity index (χ3v) is 7.10. The molecule has 1 aromatic carbocycles. The smallest absolute Gasteiger partial charge is 0.268 e. The van der Waals surface area contributed by atoms with Gasteiger partial charge in [-0.2, -0.15) is 0 Å². The molecule has 33 heavy (non-hydrogen) atoms. The van der Waals surface area contributed by atoms with Crippen molar-refractivity contribution in [3.63, 3.8) is 0 Å². The van der Waals surface area contributed by atoms with Crippen molar-refractivity contribution in [1.82, 2.24) is 4.48 Å². The van der Waals surface area contributed by atoms with E-state index in [2.05, 4.69) is 6.92 Å². The maximum Gasteiger partial charge on any atom is 0.268 e. The number of hydrogen-bond acceptors (Lipinski definition) is 4. The molecule has 1 atom stereocenters. The molecule has 194 valence electrons. The molecule has 0 heterocycles. The van der Waals surface area contributed by atoms with Gasteiger partial charge in [0.1, 0.15) is 18.8 Å². The Labute approximate surface area is 203 Å². The molecule has 6 nitrogen and oxygen atoms in total. The molecule has 7 heteroatoms. The van der Waals surface area contributed by atoms with Gasteiger partial charge in [0.25, 0.3) is 7.82 Å². The number of hydrogen-bond donors (Lipinski definition) is 0. The molecule has 0 amide bonds. The van der Waals surface area contributed by atoms with Crippen molar-refractivity contribution in [2.24, 2.45) is 0 Å². The number of nitrogens with zero attached hydrogens (tertiary/aromatic N) is 1. The normalized spacial score (nSPS) is 13.5. The number of para-hydroxylation sites is 1. The maximum atomic E-state index is 12.0. The lowest BCUT2D eigenvalue weighted by molar-refractivity contribution is -0.225. The molecule has 0 radical (unpaired) electrons. The Kier molecular flexibility index (Phi) is 19.1. The summed E-state index contributed by atoms with van der Waals surface area (Å²) in [5, 5.41) is 0. The van der Waals surface area contributed by atoms with Crippen LogP contribution in [0.25, 0.3) is 0 Å². The summed E-state index contributed by atoms with van der Waals surface area (Å²) in [6.07, 6.45) is 17.8. The van der Waals surface area contributed by atoms with Gasteiger partial charge in [0.2, 0.25) is 0 Å². The Bertz CT molecular complexity index is 612. The van der Waals surface area contributed by atoms with Gasteiger partial charge in [0, 0.05) is 0 Å². The molecule has 1 aromatic rings. The van der Waals surface area contributed by atoms with E-state index in [0.29, 0.717) is 11.0 Å². The van der Waals surface area contributed by atoms with Gasteiger partial charge in [0.05, 0.1) is 20.7 Å². The average Bonchev–Trinajstić information content (AvgIpc) is 2.76. The van der Waals surface area contributed by atoms with E-state index in [4.69, 9.17) is 9.05 Å². The van der Waals surface area contributed by atoms with Crippen LogP contribution in [-0.2, 0) is 13.6 Å². The molecule has 0 saturated heterocycles. The van der Waals surface area contributed by atoms with E-state index in [0.717, 1.165) is 24.9 Å². The van der Waals surface area contributed by atoms with E-state index in [-0.39, 0.29) is 18.7 Å². The first-order valence-corrected chi connectivity index (χ1v) is 14.3. The molecule has 0 bridgehead atoms. The summed E-state index contributed by atoms with van der Waals surface area (Å²) >= 11 is 0. The average molecular weight is 488 g/mol. The Morgan fingerprint density at radius 3 is 1.64 bits per heavy atom. The van der Waals surface area contributed by atoms with Crippen molar-refractivity contribution in [2.45, 2.75) is 96.8 Å². The first kappa shape index (κ1) is 32.2. The van der Waals surface area contributed by atoms with Gasteiger partial charge in [-0.15, -0.1) is 0 Å². The first-order chi connectivity index (χ1) is 15.4. The highest BCUT2D eigenvalue weighted by Crippen LogP contribution is 2.38. The minimum absolute atomic E-state index is 0. The highest BCUT2D eigenvalue weighted by atomic mass is 31.2. The minimum atomic E-state index is -4.22. The van der Waals surface area contributed by atoms with Crippen LogP contribution in [0.4, 0.5) is 5.69 Å². The van der Waals surface area contributed by atoms with Gasteiger partial charge >= 0.3 is 0 Å². The second kappa shape index (κ2) is 19.5. The third kappa shape index (κ3) is 17.4. The molecule has 0 aliphatic carbocycles. The van der Waals surface area contributed by atoms with E-state index in [1.54, 1.807) is 0 Å². The zero-order valence-electron chi connectivity index (χ0n) is 21.4. The molecule has 1 rings (SSSR count). The van der Waals surface area contributed by atoms with Crippen LogP contribution < -0.4 is 9.38 Å². The van der Waals surface area contributed by atoms with Crippen LogP contribution in [0.15, 0.2) is 30.3 Å². The Balaban J connectivity index is 0.0000102. The summed E-state index contributed by atoms with van der Waals surface area (Å²) in [6, 6.07) is 9.99. The fourth-order valence-electron chi connectivity index (χ4n) is 3.85. The van der Waals surface area contributed by atoms with Crippen LogP contribution >= 0.6 is 7.82 Å². The van der Waals surface area contributed by atoms with Crippen LogP contribution in [0.3, 0.4) is 0 Å². The molecule has 2 N–H and O–H groups in total. The summed E-state index contributed by atoms with van der Waals surface area (Å²) in [4.78, 5) is 12.0. The summed E-state index contributed by atoms with van der Waals surface area (Å²) < 4.78 is 22.6. The number of unbranched alkanes of at least 4 members (excludes halogenated alkanes) is 13. The zero-order chi connectivity index (χ0) is 23.5. The van der Waals surface area contributed by atoms with Gasteiger partial charge in [-0.1, -0.05) is 109 Å². The number of benzene rings is 1. The second-order valence-electron chi connectivity index (χ2n) is 9.45. The summed E-state index contributed by atoms with van der Waals surface area (Å²) in [5.41, 5.74) is 1.11. The molecule has 0 saturated carbocycles. The Morgan fingerprint density at radius 1 is 0.727 bits per heavy atom. The van der Waals surface area contributed by atoms with Crippen molar-refractivity contribution in [1.29, 1.82) is 0 Å². The van der Waals surface area contributed by atoms with Gasteiger partial charge < -0.3 is 19.4 Å². The predicted molar refractivity (Wildman–Crippen MR) is 138 cm³/mol. The third-order valence-electron chi connectivity index (χ3n) is 6.10. The number of likely N-dealkylation sites (N-methyl/N-ethyl adjacent to an activating group) is 1. The van der Waals surface area contributed by atoms with E-state index in [1.165, 1.54) is 70.6 Å². The highest BCUT2D eigenvalue weighted by molar-refractivity contribution is 7.45. The van der Waals surface area contributed by atoms with Crippen molar-refractivity contribution in [2.75, 3.05) is 33.9 Å². The molecule has 0 spiro atoms. The predicted octanol–water partition coefficient (Wildman–Crippen LogP) is 6.41.